The lowest BCUT2D eigenvalue weighted by molar-refractivity contribution is -0.114. The summed E-state index contributed by atoms with van der Waals surface area (Å²) in [5.41, 5.74) is 2.18. The molecule has 0 spiro atoms. The molecule has 0 atom stereocenters. The SMILES string of the molecule is CCCOc1ccccc1C1=CC(=O)CC1. The minimum Gasteiger partial charge on any atom is -0.493 e. The van der Waals surface area contributed by atoms with Gasteiger partial charge in [0.1, 0.15) is 5.75 Å². The van der Waals surface area contributed by atoms with E-state index < -0.39 is 0 Å². The zero-order valence-corrected chi connectivity index (χ0v) is 9.53. The van der Waals surface area contributed by atoms with Gasteiger partial charge in [0.25, 0.3) is 0 Å². The fraction of sp³-hybridized carbons (Fsp3) is 0.357. The van der Waals surface area contributed by atoms with Crippen LogP contribution in [-0.4, -0.2) is 12.4 Å². The van der Waals surface area contributed by atoms with Gasteiger partial charge in [0.2, 0.25) is 0 Å². The lowest BCUT2D eigenvalue weighted by atomic mass is 10.0. The van der Waals surface area contributed by atoms with Gasteiger partial charge in [-0.2, -0.15) is 0 Å². The minimum atomic E-state index is 0.222. The lowest BCUT2D eigenvalue weighted by Crippen LogP contribution is -1.97. The van der Waals surface area contributed by atoms with Crippen LogP contribution in [0.4, 0.5) is 0 Å². The lowest BCUT2D eigenvalue weighted by Gasteiger charge is -2.10. The molecular weight excluding hydrogens is 200 g/mol. The van der Waals surface area contributed by atoms with Crippen molar-refractivity contribution in [2.24, 2.45) is 0 Å². The van der Waals surface area contributed by atoms with Crippen LogP contribution < -0.4 is 4.74 Å². The van der Waals surface area contributed by atoms with Gasteiger partial charge in [0.15, 0.2) is 5.78 Å². The summed E-state index contributed by atoms with van der Waals surface area (Å²) in [5, 5.41) is 0. The number of hydrogen-bond acceptors (Lipinski definition) is 2. The first kappa shape index (κ1) is 10.9. The normalized spacial score (nSPS) is 15.1. The highest BCUT2D eigenvalue weighted by Gasteiger charge is 2.16. The number of carbonyl (C=O) groups excluding carboxylic acids is 1. The fourth-order valence-electron chi connectivity index (χ4n) is 1.88. The summed E-state index contributed by atoms with van der Waals surface area (Å²) in [5.74, 6) is 1.12. The Bertz CT molecular complexity index is 418. The summed E-state index contributed by atoms with van der Waals surface area (Å²) >= 11 is 0. The molecule has 0 unspecified atom stereocenters. The van der Waals surface area contributed by atoms with Crippen LogP contribution in [0.25, 0.3) is 5.57 Å². The molecule has 2 rings (SSSR count). The van der Waals surface area contributed by atoms with E-state index in [0.717, 1.165) is 36.3 Å². The molecule has 1 aromatic carbocycles. The fourth-order valence-corrected chi connectivity index (χ4v) is 1.88. The summed E-state index contributed by atoms with van der Waals surface area (Å²) in [4.78, 5) is 11.2. The molecule has 2 nitrogen and oxygen atoms in total. The second-order valence-corrected chi connectivity index (χ2v) is 3.98. The Kier molecular flexibility index (Phi) is 3.40. The number of hydrogen-bond donors (Lipinski definition) is 0. The Hall–Kier alpha value is -1.57. The van der Waals surface area contributed by atoms with Crippen molar-refractivity contribution in [3.8, 4) is 5.75 Å². The van der Waals surface area contributed by atoms with Crippen LogP contribution in [-0.2, 0) is 4.79 Å². The van der Waals surface area contributed by atoms with Gasteiger partial charge in [-0.05, 0) is 30.6 Å². The highest BCUT2D eigenvalue weighted by Crippen LogP contribution is 2.32. The van der Waals surface area contributed by atoms with E-state index in [1.807, 2.05) is 24.3 Å². The second kappa shape index (κ2) is 4.97. The van der Waals surface area contributed by atoms with Gasteiger partial charge in [-0.1, -0.05) is 25.1 Å². The van der Waals surface area contributed by atoms with Crippen molar-refractivity contribution < 1.29 is 9.53 Å². The van der Waals surface area contributed by atoms with E-state index in [0.29, 0.717) is 6.42 Å². The molecule has 0 heterocycles. The molecule has 84 valence electrons. The third kappa shape index (κ3) is 2.32. The molecule has 0 fully saturated rings. The standard InChI is InChI=1S/C14H16O2/c1-2-9-16-14-6-4-3-5-13(14)11-7-8-12(15)10-11/h3-6,10H,2,7-9H2,1H3. The first-order chi connectivity index (χ1) is 7.81. The van der Waals surface area contributed by atoms with Crippen LogP contribution in [0, 0.1) is 0 Å². The van der Waals surface area contributed by atoms with E-state index in [-0.39, 0.29) is 5.78 Å². The molecule has 0 aliphatic heterocycles. The summed E-state index contributed by atoms with van der Waals surface area (Å²) in [6.07, 6.45) is 4.21. The summed E-state index contributed by atoms with van der Waals surface area (Å²) in [6.45, 7) is 2.80. The van der Waals surface area contributed by atoms with Crippen LogP contribution in [0.15, 0.2) is 30.3 Å². The van der Waals surface area contributed by atoms with Crippen molar-refractivity contribution in [1.29, 1.82) is 0 Å². The van der Waals surface area contributed by atoms with Gasteiger partial charge in [0.05, 0.1) is 6.61 Å². The zero-order valence-electron chi connectivity index (χ0n) is 9.53. The molecule has 2 heteroatoms. The molecule has 16 heavy (non-hydrogen) atoms. The Labute approximate surface area is 95.9 Å². The number of rotatable bonds is 4. The second-order valence-electron chi connectivity index (χ2n) is 3.98. The third-order valence-electron chi connectivity index (χ3n) is 2.67. The van der Waals surface area contributed by atoms with E-state index in [1.165, 1.54) is 0 Å². The van der Waals surface area contributed by atoms with Crippen molar-refractivity contribution in [3.63, 3.8) is 0 Å². The maximum Gasteiger partial charge on any atom is 0.156 e. The van der Waals surface area contributed by atoms with Gasteiger partial charge in [-0.3, -0.25) is 4.79 Å². The molecule has 0 saturated heterocycles. The zero-order chi connectivity index (χ0) is 11.4. The van der Waals surface area contributed by atoms with Crippen LogP contribution in [0.3, 0.4) is 0 Å². The predicted molar refractivity (Wildman–Crippen MR) is 64.4 cm³/mol. The Morgan fingerprint density at radius 3 is 2.75 bits per heavy atom. The van der Waals surface area contributed by atoms with Crippen molar-refractivity contribution in [1.82, 2.24) is 0 Å². The molecule has 0 N–H and O–H groups in total. The molecule has 0 aromatic heterocycles. The highest BCUT2D eigenvalue weighted by molar-refractivity contribution is 6.02. The Morgan fingerprint density at radius 2 is 2.06 bits per heavy atom. The molecule has 1 aliphatic carbocycles. The van der Waals surface area contributed by atoms with E-state index >= 15 is 0 Å². The number of benzene rings is 1. The van der Waals surface area contributed by atoms with Crippen molar-refractivity contribution in [2.45, 2.75) is 26.2 Å². The minimum absolute atomic E-state index is 0.222. The first-order valence-electron chi connectivity index (χ1n) is 5.77. The van der Waals surface area contributed by atoms with Gasteiger partial charge in [0, 0.05) is 12.0 Å². The molecular formula is C14H16O2. The molecule has 0 amide bonds. The number of allylic oxidation sites excluding steroid dienone is 2. The summed E-state index contributed by atoms with van der Waals surface area (Å²) in [6, 6.07) is 7.94. The number of ketones is 1. The maximum atomic E-state index is 11.2. The number of carbonyl (C=O) groups is 1. The highest BCUT2D eigenvalue weighted by atomic mass is 16.5. The van der Waals surface area contributed by atoms with Crippen molar-refractivity contribution in [2.75, 3.05) is 6.61 Å². The van der Waals surface area contributed by atoms with Gasteiger partial charge in [-0.15, -0.1) is 0 Å². The third-order valence-corrected chi connectivity index (χ3v) is 2.67. The van der Waals surface area contributed by atoms with E-state index in [2.05, 4.69) is 6.92 Å². The first-order valence-corrected chi connectivity index (χ1v) is 5.77. The van der Waals surface area contributed by atoms with Crippen LogP contribution in [0.1, 0.15) is 31.7 Å². The Morgan fingerprint density at radius 1 is 1.25 bits per heavy atom. The summed E-state index contributed by atoms with van der Waals surface area (Å²) < 4.78 is 5.68. The maximum absolute atomic E-state index is 11.2. The molecule has 1 aromatic rings. The topological polar surface area (TPSA) is 26.3 Å². The van der Waals surface area contributed by atoms with Crippen LogP contribution in [0.5, 0.6) is 5.75 Å². The smallest absolute Gasteiger partial charge is 0.156 e. The van der Waals surface area contributed by atoms with Crippen LogP contribution >= 0.6 is 0 Å². The average Bonchev–Trinajstić information content (AvgIpc) is 2.73. The molecule has 0 saturated carbocycles. The van der Waals surface area contributed by atoms with Crippen molar-refractivity contribution in [3.05, 3.63) is 35.9 Å². The van der Waals surface area contributed by atoms with E-state index in [9.17, 15) is 4.79 Å². The molecule has 0 radical (unpaired) electrons. The van der Waals surface area contributed by atoms with E-state index in [4.69, 9.17) is 4.74 Å². The number of ether oxygens (including phenoxy) is 1. The van der Waals surface area contributed by atoms with Gasteiger partial charge >= 0.3 is 0 Å². The predicted octanol–water partition coefficient (Wildman–Crippen LogP) is 3.22. The largest absolute Gasteiger partial charge is 0.493 e. The quantitative estimate of drug-likeness (QED) is 0.772. The van der Waals surface area contributed by atoms with Crippen LogP contribution in [0.2, 0.25) is 0 Å². The van der Waals surface area contributed by atoms with E-state index in [1.54, 1.807) is 6.08 Å². The van der Waals surface area contributed by atoms with Crippen molar-refractivity contribution >= 4 is 11.4 Å². The molecule has 1 aliphatic rings. The molecule has 0 bridgehead atoms. The Balaban J connectivity index is 2.26. The monoisotopic (exact) mass is 216 g/mol. The van der Waals surface area contributed by atoms with Gasteiger partial charge in [-0.25, -0.2) is 0 Å². The summed E-state index contributed by atoms with van der Waals surface area (Å²) in [7, 11) is 0. The number of para-hydroxylation sites is 1. The van der Waals surface area contributed by atoms with Gasteiger partial charge < -0.3 is 4.74 Å². The average molecular weight is 216 g/mol.